The molecular formula is C24H45N3O2. The molecule has 1 amide bonds. The van der Waals surface area contributed by atoms with Crippen LogP contribution < -0.4 is 11.1 Å². The van der Waals surface area contributed by atoms with Crippen LogP contribution in [0.25, 0.3) is 0 Å². The number of likely N-dealkylation sites (tertiary alicyclic amines) is 1. The predicted molar refractivity (Wildman–Crippen MR) is 118 cm³/mol. The molecule has 0 aromatic heterocycles. The van der Waals surface area contributed by atoms with E-state index in [4.69, 9.17) is 5.73 Å². The van der Waals surface area contributed by atoms with E-state index in [1.807, 2.05) is 20.8 Å². The van der Waals surface area contributed by atoms with Gasteiger partial charge in [-0.15, -0.1) is 0 Å². The molecule has 5 atom stereocenters. The third kappa shape index (κ3) is 6.67. The van der Waals surface area contributed by atoms with Gasteiger partial charge >= 0.3 is 0 Å². The monoisotopic (exact) mass is 407 g/mol. The van der Waals surface area contributed by atoms with E-state index in [-0.39, 0.29) is 23.5 Å². The highest BCUT2D eigenvalue weighted by Crippen LogP contribution is 2.39. The summed E-state index contributed by atoms with van der Waals surface area (Å²) in [5.74, 6) is 2.11. The number of aliphatic hydroxyl groups is 1. The maximum Gasteiger partial charge on any atom is 0.237 e. The topological polar surface area (TPSA) is 78.6 Å². The highest BCUT2D eigenvalue weighted by molar-refractivity contribution is 5.82. The van der Waals surface area contributed by atoms with Crippen LogP contribution in [-0.2, 0) is 4.79 Å². The molecule has 4 N–H and O–H groups in total. The summed E-state index contributed by atoms with van der Waals surface area (Å²) in [4.78, 5) is 15.4. The molecule has 0 aromatic rings. The van der Waals surface area contributed by atoms with Gasteiger partial charge in [0.2, 0.25) is 5.91 Å². The summed E-state index contributed by atoms with van der Waals surface area (Å²) < 4.78 is 0. The fourth-order valence-electron chi connectivity index (χ4n) is 5.97. The van der Waals surface area contributed by atoms with Crippen LogP contribution in [0.15, 0.2) is 0 Å². The van der Waals surface area contributed by atoms with Gasteiger partial charge < -0.3 is 16.2 Å². The molecular weight excluding hydrogens is 362 g/mol. The zero-order valence-electron chi connectivity index (χ0n) is 19.0. The van der Waals surface area contributed by atoms with Crippen LogP contribution in [0, 0.1) is 17.8 Å². The molecule has 3 aliphatic rings. The number of fused-ring (bicyclic) bond motifs is 1. The number of rotatable bonds is 6. The van der Waals surface area contributed by atoms with Gasteiger partial charge in [0, 0.05) is 24.7 Å². The minimum atomic E-state index is -0.554. The van der Waals surface area contributed by atoms with Crippen LogP contribution in [-0.4, -0.2) is 52.7 Å². The van der Waals surface area contributed by atoms with Crippen molar-refractivity contribution in [2.45, 2.75) is 115 Å². The Bertz CT molecular complexity index is 527. The van der Waals surface area contributed by atoms with Gasteiger partial charge in [0.05, 0.1) is 12.1 Å². The van der Waals surface area contributed by atoms with Crippen LogP contribution in [0.1, 0.15) is 91.4 Å². The Morgan fingerprint density at radius 1 is 1.07 bits per heavy atom. The van der Waals surface area contributed by atoms with Crippen molar-refractivity contribution in [1.29, 1.82) is 0 Å². The number of carbonyl (C=O) groups is 1. The molecule has 1 saturated heterocycles. The van der Waals surface area contributed by atoms with Gasteiger partial charge in [0.1, 0.15) is 0 Å². The first-order valence-electron chi connectivity index (χ1n) is 12.2. The number of carbonyl (C=O) groups excluding carboxylic acids is 1. The predicted octanol–water partition coefficient (Wildman–Crippen LogP) is 3.44. The Hall–Kier alpha value is -0.650. The lowest BCUT2D eigenvalue weighted by Crippen LogP contribution is -2.59. The number of nitrogens with one attached hydrogen (secondary N) is 1. The molecule has 5 heteroatoms. The van der Waals surface area contributed by atoms with Crippen molar-refractivity contribution in [2.24, 2.45) is 23.5 Å². The van der Waals surface area contributed by atoms with Gasteiger partial charge in [-0.2, -0.15) is 0 Å². The van der Waals surface area contributed by atoms with E-state index in [2.05, 4.69) is 10.2 Å². The van der Waals surface area contributed by atoms with Gasteiger partial charge in [-0.05, 0) is 57.8 Å². The van der Waals surface area contributed by atoms with E-state index in [1.165, 1.54) is 57.8 Å². The lowest BCUT2D eigenvalue weighted by Gasteiger charge is -2.47. The number of amides is 1. The average Bonchev–Trinajstić information content (AvgIpc) is 2.66. The van der Waals surface area contributed by atoms with E-state index in [1.54, 1.807) is 0 Å². The second-order valence-corrected chi connectivity index (χ2v) is 11.2. The van der Waals surface area contributed by atoms with Crippen molar-refractivity contribution in [2.75, 3.05) is 13.1 Å². The van der Waals surface area contributed by atoms with Crippen LogP contribution in [0.2, 0.25) is 0 Å². The quantitative estimate of drug-likeness (QED) is 0.630. The Morgan fingerprint density at radius 3 is 2.34 bits per heavy atom. The molecule has 3 fully saturated rings. The maximum atomic E-state index is 13.1. The summed E-state index contributed by atoms with van der Waals surface area (Å²) in [5.41, 5.74) is 6.21. The fraction of sp³-hybridized carbons (Fsp3) is 0.958. The smallest absolute Gasteiger partial charge is 0.237 e. The molecule has 2 aliphatic carbocycles. The number of hydrogen-bond acceptors (Lipinski definition) is 4. The van der Waals surface area contributed by atoms with E-state index in [0.29, 0.717) is 24.3 Å². The van der Waals surface area contributed by atoms with Gasteiger partial charge in [0.25, 0.3) is 0 Å². The lowest BCUT2D eigenvalue weighted by molar-refractivity contribution is -0.132. The van der Waals surface area contributed by atoms with E-state index >= 15 is 0 Å². The molecule has 5 nitrogen and oxygen atoms in total. The van der Waals surface area contributed by atoms with Gasteiger partial charge in [-0.1, -0.05) is 51.4 Å². The Labute approximate surface area is 178 Å². The van der Waals surface area contributed by atoms with Crippen molar-refractivity contribution in [1.82, 2.24) is 10.2 Å². The molecule has 0 spiro atoms. The zero-order chi connectivity index (χ0) is 21.0. The number of aliphatic hydroxyl groups excluding tert-OH is 1. The third-order valence-electron chi connectivity index (χ3n) is 7.55. The minimum absolute atomic E-state index is 0.120. The van der Waals surface area contributed by atoms with Crippen LogP contribution in [0.3, 0.4) is 0 Å². The molecule has 3 rings (SSSR count). The average molecular weight is 408 g/mol. The highest BCUT2D eigenvalue weighted by atomic mass is 16.3. The Kier molecular flexibility index (Phi) is 8.02. The third-order valence-corrected chi connectivity index (χ3v) is 7.55. The number of nitrogens with two attached hydrogens (primary N) is 1. The van der Waals surface area contributed by atoms with Gasteiger partial charge in [0.15, 0.2) is 0 Å². The summed E-state index contributed by atoms with van der Waals surface area (Å²) in [6.45, 7) is 7.57. The second kappa shape index (κ2) is 10.1. The molecule has 0 unspecified atom stereocenters. The van der Waals surface area contributed by atoms with Crippen molar-refractivity contribution >= 4 is 5.91 Å². The molecule has 2 saturated carbocycles. The summed E-state index contributed by atoms with van der Waals surface area (Å²) in [6.07, 6.45) is 12.9. The molecule has 29 heavy (non-hydrogen) atoms. The first kappa shape index (κ1) is 23.0. The summed E-state index contributed by atoms with van der Waals surface area (Å²) in [7, 11) is 0. The lowest BCUT2D eigenvalue weighted by atomic mass is 9.72. The first-order valence-corrected chi connectivity index (χ1v) is 12.2. The largest absolute Gasteiger partial charge is 0.390 e. The highest BCUT2D eigenvalue weighted by Gasteiger charge is 2.41. The standard InChI is InChI=1S/C24H45N3O2/c1-24(2,3)26-23(29)21-14-18-11-7-8-12-19(18)15-27(21)16-22(28)20(25)13-17-9-5-4-6-10-17/h17-22,28H,4-16,25H2,1-3H3,(H,26,29)/t18-,19+,20-,21+,22+/m0/s1. The van der Waals surface area contributed by atoms with Crippen molar-refractivity contribution < 1.29 is 9.90 Å². The molecule has 168 valence electrons. The number of hydrogen-bond donors (Lipinski definition) is 3. The Balaban J connectivity index is 1.62. The van der Waals surface area contributed by atoms with Crippen molar-refractivity contribution in [3.63, 3.8) is 0 Å². The summed E-state index contributed by atoms with van der Waals surface area (Å²) in [5, 5.41) is 14.1. The van der Waals surface area contributed by atoms with E-state index in [0.717, 1.165) is 19.4 Å². The SMILES string of the molecule is CC(C)(C)NC(=O)[C@H]1C[C@@H]2CCCC[C@@H]2CN1C[C@@H](O)[C@@H](N)CC1CCCCC1. The number of piperidine rings is 1. The van der Waals surface area contributed by atoms with Gasteiger partial charge in [-0.3, -0.25) is 9.69 Å². The minimum Gasteiger partial charge on any atom is -0.390 e. The first-order chi connectivity index (χ1) is 13.7. The number of nitrogens with zero attached hydrogens (tertiary/aromatic N) is 1. The van der Waals surface area contributed by atoms with Crippen LogP contribution in [0.4, 0.5) is 0 Å². The van der Waals surface area contributed by atoms with E-state index in [9.17, 15) is 9.90 Å². The maximum absolute atomic E-state index is 13.1. The Morgan fingerprint density at radius 2 is 1.69 bits per heavy atom. The molecule has 0 aromatic carbocycles. The van der Waals surface area contributed by atoms with Crippen molar-refractivity contribution in [3.8, 4) is 0 Å². The van der Waals surface area contributed by atoms with Crippen LogP contribution >= 0.6 is 0 Å². The summed E-state index contributed by atoms with van der Waals surface area (Å²) >= 11 is 0. The number of β-amino-alcohol motifs (C(OH)–C–C–N with tert-alkyl or cyclic N) is 1. The molecule has 1 heterocycles. The fourth-order valence-corrected chi connectivity index (χ4v) is 5.97. The molecule has 0 bridgehead atoms. The molecule has 0 radical (unpaired) electrons. The van der Waals surface area contributed by atoms with E-state index < -0.39 is 6.10 Å². The zero-order valence-corrected chi connectivity index (χ0v) is 19.0. The van der Waals surface area contributed by atoms with Crippen LogP contribution in [0.5, 0.6) is 0 Å². The molecule has 1 aliphatic heterocycles. The summed E-state index contributed by atoms with van der Waals surface area (Å²) in [6, 6.07) is -0.321. The van der Waals surface area contributed by atoms with Crippen molar-refractivity contribution in [3.05, 3.63) is 0 Å². The second-order valence-electron chi connectivity index (χ2n) is 11.2. The normalized spacial score (nSPS) is 31.7. The van der Waals surface area contributed by atoms with Gasteiger partial charge in [-0.25, -0.2) is 0 Å².